The maximum atomic E-state index is 12.2. The number of hydroxylamine groups is 2. The van der Waals surface area contributed by atoms with Gasteiger partial charge in [-0.05, 0) is 5.56 Å². The van der Waals surface area contributed by atoms with Crippen LogP contribution in [0.1, 0.15) is 20.0 Å². The number of hydrogen-bond acceptors (Lipinski definition) is 5. The van der Waals surface area contributed by atoms with Crippen molar-refractivity contribution in [3.05, 3.63) is 46.2 Å². The molecule has 1 N–H and O–H groups in total. The fraction of sp³-hybridized carbons (Fsp3) is 0.133. The highest BCUT2D eigenvalue weighted by atomic mass is 32.1. The molecule has 1 aromatic carbocycles. The van der Waals surface area contributed by atoms with E-state index < -0.39 is 17.7 Å². The van der Waals surface area contributed by atoms with E-state index in [1.807, 2.05) is 0 Å². The smallest absolute Gasteiger partial charge is 0.337 e. The summed E-state index contributed by atoms with van der Waals surface area (Å²) >= 11 is 0.930. The van der Waals surface area contributed by atoms with Crippen LogP contribution in [0.4, 0.5) is 0 Å². The maximum absolute atomic E-state index is 12.2. The van der Waals surface area contributed by atoms with Crippen LogP contribution in [-0.2, 0) is 9.63 Å². The van der Waals surface area contributed by atoms with Crippen molar-refractivity contribution in [2.75, 3.05) is 14.2 Å². The molecule has 0 radical (unpaired) electrons. The van der Waals surface area contributed by atoms with Crippen molar-refractivity contribution in [2.24, 2.45) is 0 Å². The molecule has 6 nitrogen and oxygen atoms in total. The van der Waals surface area contributed by atoms with Gasteiger partial charge in [-0.25, -0.2) is 9.86 Å². The van der Waals surface area contributed by atoms with E-state index in [0.29, 0.717) is 11.1 Å². The van der Waals surface area contributed by atoms with Gasteiger partial charge in [-0.3, -0.25) is 14.4 Å². The van der Waals surface area contributed by atoms with Crippen molar-refractivity contribution < 1.29 is 24.3 Å². The van der Waals surface area contributed by atoms with Gasteiger partial charge in [0.25, 0.3) is 5.78 Å². The summed E-state index contributed by atoms with van der Waals surface area (Å²) in [6.07, 6.45) is 0. The number of benzene rings is 1. The Morgan fingerprint density at radius 3 is 2.36 bits per heavy atom. The molecule has 0 aliphatic rings. The molecular weight excluding hydrogens is 306 g/mol. The summed E-state index contributed by atoms with van der Waals surface area (Å²) in [6.45, 7) is 0. The van der Waals surface area contributed by atoms with Crippen LogP contribution in [0.5, 0.6) is 0 Å². The summed E-state index contributed by atoms with van der Waals surface area (Å²) in [5.74, 6) is -3.09. The molecule has 7 heteroatoms. The molecule has 0 saturated heterocycles. The van der Waals surface area contributed by atoms with Gasteiger partial charge in [0.15, 0.2) is 0 Å². The average Bonchev–Trinajstić information content (AvgIpc) is 2.98. The molecule has 2 aromatic rings. The zero-order chi connectivity index (χ0) is 16.3. The van der Waals surface area contributed by atoms with E-state index in [1.54, 1.807) is 35.7 Å². The summed E-state index contributed by atoms with van der Waals surface area (Å²) in [5, 5.41) is 11.7. The standard InChI is InChI=1S/C15H13NO5S/c1-16(21-2)14(18)12(17)13-11(15(19)20)10(8-22-13)9-6-4-3-5-7-9/h3-8H,1-2H3,(H,19,20). The van der Waals surface area contributed by atoms with Gasteiger partial charge in [0.05, 0.1) is 17.6 Å². The molecule has 1 amide bonds. The number of ketones is 1. The lowest BCUT2D eigenvalue weighted by molar-refractivity contribution is -0.162. The third kappa shape index (κ3) is 2.90. The van der Waals surface area contributed by atoms with Crippen molar-refractivity contribution in [3.63, 3.8) is 0 Å². The summed E-state index contributed by atoms with van der Waals surface area (Å²) in [5.41, 5.74) is 0.913. The lowest BCUT2D eigenvalue weighted by Gasteiger charge is -2.12. The van der Waals surface area contributed by atoms with Crippen LogP contribution < -0.4 is 0 Å². The molecule has 114 valence electrons. The van der Waals surface area contributed by atoms with E-state index in [-0.39, 0.29) is 10.4 Å². The fourth-order valence-electron chi connectivity index (χ4n) is 1.89. The van der Waals surface area contributed by atoms with E-state index in [2.05, 4.69) is 4.84 Å². The first-order valence-electron chi connectivity index (χ1n) is 6.24. The molecule has 0 bridgehead atoms. The number of rotatable bonds is 5. The molecule has 0 aliphatic heterocycles. The highest BCUT2D eigenvalue weighted by molar-refractivity contribution is 7.14. The van der Waals surface area contributed by atoms with Crippen molar-refractivity contribution in [2.45, 2.75) is 0 Å². The molecule has 0 unspecified atom stereocenters. The number of nitrogens with zero attached hydrogens (tertiary/aromatic N) is 1. The van der Waals surface area contributed by atoms with Gasteiger partial charge in [-0.2, -0.15) is 0 Å². The third-order valence-electron chi connectivity index (χ3n) is 3.05. The number of thiophene rings is 1. The van der Waals surface area contributed by atoms with Crippen molar-refractivity contribution >= 4 is 29.0 Å². The Kier molecular flexibility index (Phi) is 4.69. The van der Waals surface area contributed by atoms with E-state index >= 15 is 0 Å². The monoisotopic (exact) mass is 319 g/mol. The van der Waals surface area contributed by atoms with Gasteiger partial charge in [0, 0.05) is 18.0 Å². The molecule has 22 heavy (non-hydrogen) atoms. The average molecular weight is 319 g/mol. The zero-order valence-electron chi connectivity index (χ0n) is 11.9. The second-order valence-corrected chi connectivity index (χ2v) is 5.22. The Bertz CT molecular complexity index is 723. The van der Waals surface area contributed by atoms with Gasteiger partial charge >= 0.3 is 11.9 Å². The number of carboxylic acid groups (broad SMARTS) is 1. The van der Waals surface area contributed by atoms with Crippen molar-refractivity contribution in [3.8, 4) is 11.1 Å². The highest BCUT2D eigenvalue weighted by Crippen LogP contribution is 2.32. The number of carboxylic acids is 1. The Labute approximate surface area is 130 Å². The molecule has 0 fully saturated rings. The molecule has 0 aliphatic carbocycles. The lowest BCUT2D eigenvalue weighted by atomic mass is 10.0. The van der Waals surface area contributed by atoms with Gasteiger partial charge in [0.2, 0.25) is 0 Å². The molecule has 1 aromatic heterocycles. The minimum atomic E-state index is -1.25. The Morgan fingerprint density at radius 2 is 1.82 bits per heavy atom. The van der Waals surface area contributed by atoms with Crippen LogP contribution in [0.25, 0.3) is 11.1 Å². The molecular formula is C15H13NO5S. The second kappa shape index (κ2) is 6.50. The predicted octanol–water partition coefficient (Wildman–Crippen LogP) is 2.32. The number of Topliss-reactive ketones (excluding diaryl/α,β-unsaturated/α-hetero) is 1. The van der Waals surface area contributed by atoms with Gasteiger partial charge in [-0.1, -0.05) is 30.3 Å². The van der Waals surface area contributed by atoms with Crippen LogP contribution in [0.15, 0.2) is 35.7 Å². The minimum Gasteiger partial charge on any atom is -0.478 e. The highest BCUT2D eigenvalue weighted by Gasteiger charge is 2.29. The van der Waals surface area contributed by atoms with Crippen LogP contribution >= 0.6 is 11.3 Å². The summed E-state index contributed by atoms with van der Waals surface area (Å²) < 4.78 is 0. The van der Waals surface area contributed by atoms with Gasteiger partial charge < -0.3 is 5.11 Å². The van der Waals surface area contributed by atoms with Crippen molar-refractivity contribution in [1.29, 1.82) is 0 Å². The van der Waals surface area contributed by atoms with Crippen LogP contribution in [-0.4, -0.2) is 42.0 Å². The van der Waals surface area contributed by atoms with Gasteiger partial charge in [0.1, 0.15) is 0 Å². The normalized spacial score (nSPS) is 10.3. The first-order chi connectivity index (χ1) is 10.5. The Morgan fingerprint density at radius 1 is 1.18 bits per heavy atom. The van der Waals surface area contributed by atoms with Crippen molar-refractivity contribution in [1.82, 2.24) is 5.06 Å². The van der Waals surface area contributed by atoms with E-state index in [1.165, 1.54) is 14.2 Å². The SMILES string of the molecule is CON(C)C(=O)C(=O)c1scc(-c2ccccc2)c1C(=O)O. The molecule has 0 atom stereocenters. The topological polar surface area (TPSA) is 83.9 Å². The zero-order valence-corrected chi connectivity index (χ0v) is 12.7. The lowest BCUT2D eigenvalue weighted by Crippen LogP contribution is -2.32. The number of hydrogen-bond donors (Lipinski definition) is 1. The summed E-state index contributed by atoms with van der Waals surface area (Å²) in [4.78, 5) is 40.1. The quantitative estimate of drug-likeness (QED) is 0.519. The fourth-order valence-corrected chi connectivity index (χ4v) is 2.89. The van der Waals surface area contributed by atoms with E-state index in [0.717, 1.165) is 16.4 Å². The Balaban J connectivity index is 2.51. The van der Waals surface area contributed by atoms with E-state index in [4.69, 9.17) is 0 Å². The number of aromatic carboxylic acids is 1. The molecule has 0 spiro atoms. The summed E-state index contributed by atoms with van der Waals surface area (Å²) in [6, 6.07) is 8.82. The first-order valence-corrected chi connectivity index (χ1v) is 7.12. The maximum Gasteiger partial charge on any atom is 0.337 e. The largest absolute Gasteiger partial charge is 0.478 e. The number of amides is 1. The first kappa shape index (κ1) is 15.9. The van der Waals surface area contributed by atoms with Gasteiger partial charge in [-0.15, -0.1) is 11.3 Å². The second-order valence-electron chi connectivity index (χ2n) is 4.34. The van der Waals surface area contributed by atoms with Crippen LogP contribution in [0.2, 0.25) is 0 Å². The summed E-state index contributed by atoms with van der Waals surface area (Å²) in [7, 11) is 2.53. The Hall–Kier alpha value is -2.51. The number of carbonyl (C=O) groups excluding carboxylic acids is 2. The number of likely N-dealkylation sites (N-methyl/N-ethyl adjacent to an activating group) is 1. The predicted molar refractivity (Wildman–Crippen MR) is 80.8 cm³/mol. The molecule has 1 heterocycles. The number of carbonyl (C=O) groups is 3. The molecule has 2 rings (SSSR count). The third-order valence-corrected chi connectivity index (χ3v) is 4.03. The van der Waals surface area contributed by atoms with E-state index in [9.17, 15) is 19.5 Å². The van der Waals surface area contributed by atoms with Crippen LogP contribution in [0.3, 0.4) is 0 Å². The minimum absolute atomic E-state index is 0.111. The molecule has 0 saturated carbocycles. The van der Waals surface area contributed by atoms with Crippen LogP contribution in [0, 0.1) is 0 Å².